The zero-order valence-corrected chi connectivity index (χ0v) is 22.8. The van der Waals surface area contributed by atoms with Gasteiger partial charge in [-0.3, -0.25) is 19.5 Å². The zero-order valence-electron chi connectivity index (χ0n) is 22.0. The van der Waals surface area contributed by atoms with Gasteiger partial charge < -0.3 is 9.80 Å². The number of carbonyl (C=O) groups excluding carboxylic acids is 1. The lowest BCUT2D eigenvalue weighted by atomic mass is 9.75. The van der Waals surface area contributed by atoms with Gasteiger partial charge in [0.1, 0.15) is 11.6 Å². The molecule has 0 radical (unpaired) electrons. The van der Waals surface area contributed by atoms with Crippen molar-refractivity contribution in [1.82, 2.24) is 14.8 Å². The Morgan fingerprint density at radius 2 is 1.55 bits per heavy atom. The number of hydrogen-bond donors (Lipinski definition) is 0. The van der Waals surface area contributed by atoms with Crippen molar-refractivity contribution in [2.45, 2.75) is 43.8 Å². The molecule has 12 heteroatoms. The molecular weight excluding hydrogens is 539 g/mol. The molecule has 4 heterocycles. The molecule has 4 fully saturated rings. The van der Waals surface area contributed by atoms with E-state index < -0.39 is 23.0 Å². The number of halogens is 3. The van der Waals surface area contributed by atoms with Crippen molar-refractivity contribution in [1.29, 1.82) is 5.26 Å². The summed E-state index contributed by atoms with van der Waals surface area (Å²) in [5, 5.41) is 9.23. The molecule has 1 saturated carbocycles. The van der Waals surface area contributed by atoms with Crippen LogP contribution in [-0.4, -0.2) is 77.3 Å². The second kappa shape index (κ2) is 10.3. The third-order valence-electron chi connectivity index (χ3n) is 8.58. The van der Waals surface area contributed by atoms with Crippen LogP contribution in [0, 0.1) is 11.3 Å². The topological polar surface area (TPSA) is 70.0 Å². The summed E-state index contributed by atoms with van der Waals surface area (Å²) in [4.78, 5) is 27.7. The molecule has 3 aliphatic heterocycles. The predicted molar refractivity (Wildman–Crippen MR) is 149 cm³/mol. The Hall–Kier alpha value is -3.27. The number of alkyl halides is 3. The summed E-state index contributed by atoms with van der Waals surface area (Å²) in [6.45, 7) is 7.26. The van der Waals surface area contributed by atoms with Crippen molar-refractivity contribution in [2.75, 3.05) is 60.6 Å². The number of amides is 1. The summed E-state index contributed by atoms with van der Waals surface area (Å²) in [5.74, 6) is -0.360. The summed E-state index contributed by atoms with van der Waals surface area (Å²) in [7, 11) is 0. The van der Waals surface area contributed by atoms with Gasteiger partial charge in [0.15, 0.2) is 10.8 Å². The number of pyridine rings is 1. The van der Waals surface area contributed by atoms with Crippen LogP contribution in [0.2, 0.25) is 0 Å². The Balaban J connectivity index is 1.21. The summed E-state index contributed by atoms with van der Waals surface area (Å²) in [6.07, 6.45) is 0.824. The first-order valence-corrected chi connectivity index (χ1v) is 14.1. The minimum atomic E-state index is -4.79. The number of carbonyl (C=O) groups is 1. The molecule has 0 atom stereocenters. The van der Waals surface area contributed by atoms with Crippen LogP contribution in [0.5, 0.6) is 0 Å². The molecular formula is C28H30F3N7OS. The van der Waals surface area contributed by atoms with E-state index in [-0.39, 0.29) is 16.7 Å². The van der Waals surface area contributed by atoms with Crippen molar-refractivity contribution in [3.8, 4) is 6.07 Å². The van der Waals surface area contributed by atoms with Crippen LogP contribution in [0.15, 0.2) is 36.5 Å². The number of rotatable bonds is 5. The highest BCUT2D eigenvalue weighted by molar-refractivity contribution is 7.81. The molecule has 3 saturated heterocycles. The maximum Gasteiger partial charge on any atom is 0.419 e. The van der Waals surface area contributed by atoms with Crippen molar-refractivity contribution in [2.24, 2.45) is 0 Å². The monoisotopic (exact) mass is 569 g/mol. The van der Waals surface area contributed by atoms with Crippen molar-refractivity contribution in [3.05, 3.63) is 47.8 Å². The van der Waals surface area contributed by atoms with Crippen LogP contribution in [0.25, 0.3) is 0 Å². The van der Waals surface area contributed by atoms with Gasteiger partial charge in [0.25, 0.3) is 5.91 Å². The quantitative estimate of drug-likeness (QED) is 0.497. The number of thiocarbonyl (C=S) groups is 1. The van der Waals surface area contributed by atoms with Crippen LogP contribution in [0.1, 0.15) is 43.4 Å². The van der Waals surface area contributed by atoms with Gasteiger partial charge in [0.05, 0.1) is 24.1 Å². The predicted octanol–water partition coefficient (Wildman–Crippen LogP) is 4.21. The first kappa shape index (κ1) is 26.9. The van der Waals surface area contributed by atoms with E-state index in [1.54, 1.807) is 4.90 Å². The van der Waals surface area contributed by atoms with Gasteiger partial charge in [0.2, 0.25) is 0 Å². The highest BCUT2D eigenvalue weighted by Crippen LogP contribution is 2.48. The number of anilines is 3. The van der Waals surface area contributed by atoms with Crippen LogP contribution >= 0.6 is 12.2 Å². The molecule has 0 N–H and O–H groups in total. The summed E-state index contributed by atoms with van der Waals surface area (Å²) in [5.41, 5.74) is -1.11. The summed E-state index contributed by atoms with van der Waals surface area (Å²) >= 11 is 5.72. The summed E-state index contributed by atoms with van der Waals surface area (Å²) in [6, 6.07) is 10.2. The van der Waals surface area contributed by atoms with E-state index in [0.29, 0.717) is 12.8 Å². The van der Waals surface area contributed by atoms with Gasteiger partial charge in [0, 0.05) is 37.6 Å². The standard InChI is InChI=1S/C28H30F3N7OS/c29-28(30,31)23-16-22(18-33-24(23)17-32)37-25(39)27(8-3-9-27)38(26(37)40)21-6-4-20(5-7-21)36-14-12-35(13-15-36)19-34-10-1-2-11-34/h4-7,16,18H,1-3,8-15,19H2. The number of nitriles is 1. The maximum absolute atomic E-state index is 13.7. The molecule has 6 rings (SSSR count). The lowest BCUT2D eigenvalue weighted by molar-refractivity contribution is -0.138. The molecule has 8 nitrogen and oxygen atoms in total. The first-order valence-electron chi connectivity index (χ1n) is 13.7. The fraction of sp³-hybridized carbons (Fsp3) is 0.500. The number of benzene rings is 1. The van der Waals surface area contributed by atoms with Gasteiger partial charge >= 0.3 is 6.18 Å². The fourth-order valence-electron chi connectivity index (χ4n) is 6.26. The Morgan fingerprint density at radius 1 is 0.925 bits per heavy atom. The number of hydrogen-bond acceptors (Lipinski definition) is 7. The zero-order chi connectivity index (χ0) is 28.1. The third-order valence-corrected chi connectivity index (χ3v) is 8.94. The fourth-order valence-corrected chi connectivity index (χ4v) is 6.72. The highest BCUT2D eigenvalue weighted by atomic mass is 32.1. The minimum Gasteiger partial charge on any atom is -0.369 e. The summed E-state index contributed by atoms with van der Waals surface area (Å²) < 4.78 is 40.9. The number of nitrogens with zero attached hydrogens (tertiary/aromatic N) is 7. The van der Waals surface area contributed by atoms with E-state index in [2.05, 4.69) is 19.7 Å². The molecule has 1 aliphatic carbocycles. The second-order valence-corrected chi connectivity index (χ2v) is 11.3. The smallest absolute Gasteiger partial charge is 0.369 e. The van der Waals surface area contributed by atoms with E-state index in [9.17, 15) is 18.0 Å². The number of piperazine rings is 1. The average Bonchev–Trinajstić information content (AvgIpc) is 3.51. The molecule has 0 unspecified atom stereocenters. The number of likely N-dealkylation sites (tertiary alicyclic amines) is 1. The van der Waals surface area contributed by atoms with Crippen LogP contribution < -0.4 is 14.7 Å². The SMILES string of the molecule is N#Cc1ncc(N2C(=O)C3(CCC3)N(c3ccc(N4CCN(CN5CCCC5)CC4)cc3)C2=S)cc1C(F)(F)F. The Labute approximate surface area is 236 Å². The Bertz CT molecular complexity index is 1340. The van der Waals surface area contributed by atoms with Gasteiger partial charge in [-0.15, -0.1) is 0 Å². The van der Waals surface area contributed by atoms with Gasteiger partial charge in [-0.1, -0.05) is 0 Å². The second-order valence-electron chi connectivity index (χ2n) is 10.9. The molecule has 40 heavy (non-hydrogen) atoms. The average molecular weight is 570 g/mol. The van der Waals surface area contributed by atoms with Gasteiger partial charge in [-0.2, -0.15) is 18.4 Å². The van der Waals surface area contributed by atoms with E-state index in [1.165, 1.54) is 32.0 Å². The Kier molecular flexibility index (Phi) is 6.92. The minimum absolute atomic E-state index is 0.0847. The van der Waals surface area contributed by atoms with Crippen LogP contribution in [-0.2, 0) is 11.0 Å². The molecule has 1 amide bonds. The first-order chi connectivity index (χ1) is 19.2. The molecule has 1 spiro atoms. The molecule has 1 aromatic carbocycles. The van der Waals surface area contributed by atoms with E-state index in [1.807, 2.05) is 24.3 Å². The van der Waals surface area contributed by atoms with E-state index in [0.717, 1.165) is 67.8 Å². The van der Waals surface area contributed by atoms with E-state index in [4.69, 9.17) is 17.5 Å². The maximum atomic E-state index is 13.7. The van der Waals surface area contributed by atoms with Gasteiger partial charge in [-0.25, -0.2) is 4.98 Å². The number of aromatic nitrogens is 1. The molecule has 1 aromatic heterocycles. The van der Waals surface area contributed by atoms with Crippen molar-refractivity contribution < 1.29 is 18.0 Å². The van der Waals surface area contributed by atoms with Gasteiger partial charge in [-0.05, 0) is 87.7 Å². The van der Waals surface area contributed by atoms with Crippen molar-refractivity contribution >= 4 is 40.3 Å². The third kappa shape index (κ3) is 4.60. The molecule has 0 bridgehead atoms. The largest absolute Gasteiger partial charge is 0.419 e. The highest BCUT2D eigenvalue weighted by Gasteiger charge is 2.59. The molecule has 2 aromatic rings. The van der Waals surface area contributed by atoms with E-state index >= 15 is 0 Å². The van der Waals surface area contributed by atoms with Crippen LogP contribution in [0.4, 0.5) is 30.2 Å². The molecule has 210 valence electrons. The van der Waals surface area contributed by atoms with Crippen LogP contribution in [0.3, 0.4) is 0 Å². The van der Waals surface area contributed by atoms with Crippen molar-refractivity contribution in [3.63, 3.8) is 0 Å². The lowest BCUT2D eigenvalue weighted by Crippen LogP contribution is -2.55. The lowest BCUT2D eigenvalue weighted by Gasteiger charge is -2.43. The normalized spacial score (nSPS) is 21.8. The Morgan fingerprint density at radius 3 is 2.12 bits per heavy atom. The molecule has 4 aliphatic rings.